The number of amides is 1. The molecule has 2 N–H and O–H groups in total. The van der Waals surface area contributed by atoms with E-state index in [2.05, 4.69) is 32.7 Å². The van der Waals surface area contributed by atoms with Crippen LogP contribution in [0.2, 0.25) is 0 Å². The number of benzene rings is 1. The van der Waals surface area contributed by atoms with E-state index in [9.17, 15) is 4.79 Å². The number of nitrogens with one attached hydrogen (secondary N) is 2. The highest BCUT2D eigenvalue weighted by atomic mass is 16.1. The van der Waals surface area contributed by atoms with Gasteiger partial charge in [-0.05, 0) is 44.0 Å². The van der Waals surface area contributed by atoms with Crippen molar-refractivity contribution in [3.8, 4) is 0 Å². The lowest BCUT2D eigenvalue weighted by molar-refractivity contribution is -0.125. The summed E-state index contributed by atoms with van der Waals surface area (Å²) >= 11 is 0. The third-order valence-electron chi connectivity index (χ3n) is 4.89. The second-order valence-corrected chi connectivity index (χ2v) is 6.92. The Morgan fingerprint density at radius 3 is 2.88 bits per heavy atom. The van der Waals surface area contributed by atoms with Gasteiger partial charge in [-0.1, -0.05) is 36.4 Å². The number of hydrogen-bond donors (Lipinski definition) is 2. The number of rotatable bonds is 6. The average Bonchev–Trinajstić information content (AvgIpc) is 2.97. The number of anilines is 1. The van der Waals surface area contributed by atoms with Crippen molar-refractivity contribution >= 4 is 11.7 Å². The van der Waals surface area contributed by atoms with Gasteiger partial charge in [0.15, 0.2) is 0 Å². The smallest absolute Gasteiger partial charge is 0.223 e. The van der Waals surface area contributed by atoms with Gasteiger partial charge in [-0.3, -0.25) is 4.79 Å². The Bertz CT molecular complexity index is 696. The lowest BCUT2D eigenvalue weighted by Crippen LogP contribution is -2.31. The molecule has 0 bridgehead atoms. The Hall–Kier alpha value is -2.40. The Morgan fingerprint density at radius 1 is 1.19 bits per heavy atom. The van der Waals surface area contributed by atoms with E-state index in [1.165, 1.54) is 5.56 Å². The van der Waals surface area contributed by atoms with Crippen molar-refractivity contribution in [3.05, 3.63) is 59.8 Å². The van der Waals surface area contributed by atoms with Gasteiger partial charge in [-0.25, -0.2) is 4.98 Å². The van der Waals surface area contributed by atoms with E-state index in [0.29, 0.717) is 6.54 Å². The van der Waals surface area contributed by atoms with E-state index >= 15 is 0 Å². The normalized spacial score (nSPS) is 17.3. The molecule has 1 saturated heterocycles. The monoisotopic (exact) mass is 352 g/mol. The van der Waals surface area contributed by atoms with Crippen LogP contribution in [0.1, 0.15) is 30.4 Å². The van der Waals surface area contributed by atoms with Crippen LogP contribution < -0.4 is 15.5 Å². The molecule has 1 aliphatic rings. The molecule has 5 heteroatoms. The predicted molar refractivity (Wildman–Crippen MR) is 105 cm³/mol. The molecule has 138 valence electrons. The minimum Gasteiger partial charge on any atom is -0.355 e. The maximum absolute atomic E-state index is 12.5. The quantitative estimate of drug-likeness (QED) is 0.839. The molecule has 0 spiro atoms. The van der Waals surface area contributed by atoms with Crippen LogP contribution in [0.5, 0.6) is 0 Å². The van der Waals surface area contributed by atoms with Crippen LogP contribution in [0.25, 0.3) is 0 Å². The zero-order chi connectivity index (χ0) is 18.2. The third kappa shape index (κ3) is 5.05. The molecule has 1 aromatic carbocycles. The number of pyridine rings is 1. The molecule has 2 aromatic rings. The zero-order valence-electron chi connectivity index (χ0n) is 15.4. The first kappa shape index (κ1) is 18.4. The van der Waals surface area contributed by atoms with Crippen molar-refractivity contribution < 1.29 is 4.79 Å². The Morgan fingerprint density at radius 2 is 2.04 bits per heavy atom. The first-order valence-electron chi connectivity index (χ1n) is 9.41. The summed E-state index contributed by atoms with van der Waals surface area (Å²) in [6, 6.07) is 14.3. The van der Waals surface area contributed by atoms with E-state index in [0.717, 1.165) is 50.3 Å². The van der Waals surface area contributed by atoms with Crippen molar-refractivity contribution in [1.82, 2.24) is 15.6 Å². The van der Waals surface area contributed by atoms with Gasteiger partial charge in [0.05, 0.1) is 0 Å². The zero-order valence-corrected chi connectivity index (χ0v) is 15.4. The molecule has 1 amide bonds. The van der Waals surface area contributed by atoms with E-state index in [1.807, 2.05) is 37.4 Å². The minimum absolute atomic E-state index is 0.118. The number of carbonyl (C=O) groups excluding carboxylic acids is 1. The van der Waals surface area contributed by atoms with Crippen LogP contribution in [-0.4, -0.2) is 31.0 Å². The molecule has 2 heterocycles. The summed E-state index contributed by atoms with van der Waals surface area (Å²) in [5.41, 5.74) is 2.28. The lowest BCUT2D eigenvalue weighted by atomic mass is 10.00. The fourth-order valence-electron chi connectivity index (χ4n) is 3.45. The van der Waals surface area contributed by atoms with Gasteiger partial charge in [0, 0.05) is 37.8 Å². The van der Waals surface area contributed by atoms with Crippen molar-refractivity contribution in [3.63, 3.8) is 0 Å². The lowest BCUT2D eigenvalue weighted by Gasteiger charge is -2.22. The summed E-state index contributed by atoms with van der Waals surface area (Å²) in [7, 11) is 2.04. The van der Waals surface area contributed by atoms with Gasteiger partial charge >= 0.3 is 0 Å². The fourth-order valence-corrected chi connectivity index (χ4v) is 3.45. The van der Waals surface area contributed by atoms with E-state index in [1.54, 1.807) is 6.20 Å². The second kappa shape index (κ2) is 9.34. The van der Waals surface area contributed by atoms with Gasteiger partial charge < -0.3 is 15.5 Å². The summed E-state index contributed by atoms with van der Waals surface area (Å²) < 4.78 is 0. The van der Waals surface area contributed by atoms with Gasteiger partial charge in [0.25, 0.3) is 0 Å². The first-order chi connectivity index (χ1) is 12.7. The first-order valence-corrected chi connectivity index (χ1v) is 9.41. The van der Waals surface area contributed by atoms with Crippen LogP contribution >= 0.6 is 0 Å². The van der Waals surface area contributed by atoms with E-state index in [-0.39, 0.29) is 11.8 Å². The van der Waals surface area contributed by atoms with Gasteiger partial charge in [-0.15, -0.1) is 0 Å². The number of carbonyl (C=O) groups is 1. The van der Waals surface area contributed by atoms with Crippen LogP contribution in [0.15, 0.2) is 48.7 Å². The Labute approximate surface area is 155 Å². The Kier molecular flexibility index (Phi) is 6.61. The predicted octanol–water partition coefficient (Wildman–Crippen LogP) is 2.72. The van der Waals surface area contributed by atoms with Crippen molar-refractivity contribution in [2.45, 2.75) is 32.4 Å². The van der Waals surface area contributed by atoms with Crippen molar-refractivity contribution in [1.29, 1.82) is 0 Å². The summed E-state index contributed by atoms with van der Waals surface area (Å²) in [4.78, 5) is 19.2. The van der Waals surface area contributed by atoms with Crippen molar-refractivity contribution in [2.75, 3.05) is 25.0 Å². The molecule has 26 heavy (non-hydrogen) atoms. The highest BCUT2D eigenvalue weighted by molar-refractivity contribution is 5.78. The standard InChI is InChI=1S/C21H28N4O/c1-25(16-17-7-3-2-4-8-17)20-19(10-6-13-23-20)15-24-21(26)18-9-5-12-22-14-11-18/h2-4,6-8,10,13,18,22H,5,9,11-12,14-16H2,1H3,(H,24,26)/t18-/m1/s1. The SMILES string of the molecule is CN(Cc1ccccc1)c1ncccc1CNC(=O)[C@@H]1CCCNCC1. The largest absolute Gasteiger partial charge is 0.355 e. The highest BCUT2D eigenvalue weighted by Gasteiger charge is 2.20. The van der Waals surface area contributed by atoms with Crippen LogP contribution in [0.3, 0.4) is 0 Å². The highest BCUT2D eigenvalue weighted by Crippen LogP contribution is 2.19. The van der Waals surface area contributed by atoms with Gasteiger partial charge in [0.1, 0.15) is 5.82 Å². The topological polar surface area (TPSA) is 57.3 Å². The summed E-state index contributed by atoms with van der Waals surface area (Å²) in [5.74, 6) is 1.19. The number of aromatic nitrogens is 1. The average molecular weight is 352 g/mol. The fraction of sp³-hybridized carbons (Fsp3) is 0.429. The van der Waals surface area contributed by atoms with Crippen LogP contribution in [-0.2, 0) is 17.9 Å². The maximum Gasteiger partial charge on any atom is 0.223 e. The van der Waals surface area contributed by atoms with Crippen molar-refractivity contribution in [2.24, 2.45) is 5.92 Å². The minimum atomic E-state index is 0.118. The van der Waals surface area contributed by atoms with Crippen LogP contribution in [0, 0.1) is 5.92 Å². The maximum atomic E-state index is 12.5. The number of nitrogens with zero attached hydrogens (tertiary/aromatic N) is 2. The summed E-state index contributed by atoms with van der Waals surface area (Å²) in [6.07, 6.45) is 4.75. The molecule has 0 radical (unpaired) electrons. The van der Waals surface area contributed by atoms with E-state index < -0.39 is 0 Å². The third-order valence-corrected chi connectivity index (χ3v) is 4.89. The molecule has 0 unspecified atom stereocenters. The van der Waals surface area contributed by atoms with Gasteiger partial charge in [0.2, 0.25) is 5.91 Å². The molecule has 1 fully saturated rings. The molecule has 0 saturated carbocycles. The van der Waals surface area contributed by atoms with Crippen LogP contribution in [0.4, 0.5) is 5.82 Å². The molecule has 3 rings (SSSR count). The summed E-state index contributed by atoms with van der Waals surface area (Å²) in [5, 5.41) is 6.48. The second-order valence-electron chi connectivity index (χ2n) is 6.92. The molecule has 1 atom stereocenters. The molecular formula is C21H28N4O. The number of hydrogen-bond acceptors (Lipinski definition) is 4. The molecule has 5 nitrogen and oxygen atoms in total. The van der Waals surface area contributed by atoms with E-state index in [4.69, 9.17) is 0 Å². The molecule has 1 aliphatic heterocycles. The molecular weight excluding hydrogens is 324 g/mol. The Balaban J connectivity index is 1.62. The molecule has 1 aromatic heterocycles. The molecule has 0 aliphatic carbocycles. The summed E-state index contributed by atoms with van der Waals surface area (Å²) in [6.45, 7) is 3.25. The van der Waals surface area contributed by atoms with Gasteiger partial charge in [-0.2, -0.15) is 0 Å².